The second kappa shape index (κ2) is 9.74. The Balaban J connectivity index is 1.63. The quantitative estimate of drug-likeness (QED) is 0.657. The molecule has 0 aromatic carbocycles. The number of hydrogen-bond acceptors (Lipinski definition) is 5. The van der Waals surface area contributed by atoms with Crippen LogP contribution in [0.1, 0.15) is 46.5 Å². The molecule has 2 fully saturated rings. The zero-order valence-electron chi connectivity index (χ0n) is 16.5. The van der Waals surface area contributed by atoms with Gasteiger partial charge in [-0.05, 0) is 58.9 Å². The molecule has 0 radical (unpaired) electrons. The number of carbonyl (C=O) groups is 1. The Morgan fingerprint density at radius 2 is 2.08 bits per heavy atom. The third-order valence-electron chi connectivity index (χ3n) is 4.72. The Morgan fingerprint density at radius 3 is 2.76 bits per heavy atom. The number of carbonyl (C=O) groups excluding carboxylic acids is 1. The van der Waals surface area contributed by atoms with Gasteiger partial charge in [-0.2, -0.15) is 0 Å². The first kappa shape index (κ1) is 20.5. The van der Waals surface area contributed by atoms with Crippen LogP contribution in [0.25, 0.3) is 0 Å². The van der Waals surface area contributed by atoms with Gasteiger partial charge in [0.1, 0.15) is 5.60 Å². The maximum Gasteiger partial charge on any atom is 0.410 e. The van der Waals surface area contributed by atoms with E-state index in [9.17, 15) is 4.79 Å². The molecule has 2 aliphatic rings. The summed E-state index contributed by atoms with van der Waals surface area (Å²) in [5, 5.41) is 0. The fraction of sp³-hybridized carbons (Fsp3) is 0.947. The molecule has 0 aliphatic carbocycles. The minimum absolute atomic E-state index is 0.232. The second-order valence-electron chi connectivity index (χ2n) is 8.38. The predicted molar refractivity (Wildman–Crippen MR) is 97.8 cm³/mol. The van der Waals surface area contributed by atoms with E-state index in [1.807, 2.05) is 27.8 Å². The summed E-state index contributed by atoms with van der Waals surface area (Å²) in [6.45, 7) is 11.9. The number of piperidine rings is 1. The van der Waals surface area contributed by atoms with Crippen LogP contribution < -0.4 is 0 Å². The van der Waals surface area contributed by atoms with E-state index in [1.54, 1.807) is 4.90 Å². The lowest BCUT2D eigenvalue weighted by Crippen LogP contribution is -2.43. The highest BCUT2D eigenvalue weighted by Crippen LogP contribution is 2.18. The van der Waals surface area contributed by atoms with Gasteiger partial charge in [-0.1, -0.05) is 0 Å². The largest absolute Gasteiger partial charge is 0.444 e. The van der Waals surface area contributed by atoms with E-state index < -0.39 is 5.60 Å². The molecule has 0 spiro atoms. The number of amides is 1. The molecule has 146 valence electrons. The van der Waals surface area contributed by atoms with Gasteiger partial charge >= 0.3 is 6.09 Å². The molecule has 2 atom stereocenters. The molecule has 0 aromatic rings. The Labute approximate surface area is 152 Å². The summed E-state index contributed by atoms with van der Waals surface area (Å²) in [5.74, 6) is 0.504. The summed E-state index contributed by atoms with van der Waals surface area (Å²) in [4.78, 5) is 16.3. The first-order valence-corrected chi connectivity index (χ1v) is 9.69. The summed E-state index contributed by atoms with van der Waals surface area (Å²) in [6, 6.07) is 0. The number of rotatable bonds is 7. The van der Waals surface area contributed by atoms with Crippen molar-refractivity contribution in [1.29, 1.82) is 0 Å². The highest BCUT2D eigenvalue weighted by molar-refractivity contribution is 5.67. The first-order valence-electron chi connectivity index (χ1n) is 9.69. The highest BCUT2D eigenvalue weighted by atomic mass is 16.6. The van der Waals surface area contributed by atoms with Crippen LogP contribution >= 0.6 is 0 Å². The van der Waals surface area contributed by atoms with Gasteiger partial charge in [-0.25, -0.2) is 4.79 Å². The van der Waals surface area contributed by atoms with Crippen LogP contribution in [-0.2, 0) is 14.2 Å². The predicted octanol–water partition coefficient (Wildman–Crippen LogP) is 2.76. The van der Waals surface area contributed by atoms with Crippen molar-refractivity contribution >= 4 is 6.09 Å². The average molecular weight is 357 g/mol. The minimum Gasteiger partial charge on any atom is -0.444 e. The number of nitrogens with zero attached hydrogens (tertiary/aromatic N) is 2. The summed E-state index contributed by atoms with van der Waals surface area (Å²) < 4.78 is 16.8. The number of ether oxygens (including phenoxy) is 3. The van der Waals surface area contributed by atoms with Gasteiger partial charge in [0.2, 0.25) is 0 Å². The molecule has 2 rings (SSSR count). The molecule has 2 heterocycles. The van der Waals surface area contributed by atoms with Crippen molar-refractivity contribution in [3.63, 3.8) is 0 Å². The van der Waals surface area contributed by atoms with Crippen LogP contribution in [0, 0.1) is 5.92 Å². The Hall–Kier alpha value is -0.850. The fourth-order valence-corrected chi connectivity index (χ4v) is 3.49. The maximum atomic E-state index is 12.1. The van der Waals surface area contributed by atoms with Crippen molar-refractivity contribution in [1.82, 2.24) is 9.80 Å². The molecule has 0 bridgehead atoms. The SMILES string of the molecule is CN(CC1CCCN(CCOCC2CCCO2)C1)C(=O)OC(C)(C)C. The standard InChI is InChI=1S/C19H36N2O4/c1-19(2,3)25-18(22)20(4)13-16-7-5-9-21(14-16)10-12-23-15-17-8-6-11-24-17/h16-17H,5-15H2,1-4H3. The van der Waals surface area contributed by atoms with Crippen molar-refractivity contribution in [2.75, 3.05) is 53.0 Å². The molecule has 2 saturated heterocycles. The van der Waals surface area contributed by atoms with Gasteiger partial charge < -0.3 is 24.0 Å². The molecule has 6 nitrogen and oxygen atoms in total. The third kappa shape index (κ3) is 7.92. The summed E-state index contributed by atoms with van der Waals surface area (Å²) in [7, 11) is 1.83. The molecular weight excluding hydrogens is 320 g/mol. The number of likely N-dealkylation sites (tertiary alicyclic amines) is 1. The number of hydrogen-bond donors (Lipinski definition) is 0. The lowest BCUT2D eigenvalue weighted by molar-refractivity contribution is 0.00505. The maximum absolute atomic E-state index is 12.1. The Bertz CT molecular complexity index is 405. The van der Waals surface area contributed by atoms with Crippen molar-refractivity contribution in [3.05, 3.63) is 0 Å². The van der Waals surface area contributed by atoms with Gasteiger partial charge in [0.15, 0.2) is 0 Å². The summed E-state index contributed by atoms with van der Waals surface area (Å²) >= 11 is 0. The van der Waals surface area contributed by atoms with E-state index in [0.29, 0.717) is 12.0 Å². The lowest BCUT2D eigenvalue weighted by atomic mass is 9.97. The molecule has 1 amide bonds. The van der Waals surface area contributed by atoms with E-state index in [0.717, 1.165) is 58.8 Å². The normalized spacial score (nSPS) is 25.1. The fourth-order valence-electron chi connectivity index (χ4n) is 3.49. The molecule has 0 aromatic heterocycles. The van der Waals surface area contributed by atoms with Gasteiger partial charge in [0.25, 0.3) is 0 Å². The highest BCUT2D eigenvalue weighted by Gasteiger charge is 2.25. The van der Waals surface area contributed by atoms with Gasteiger partial charge in [0.05, 0.1) is 19.3 Å². The molecule has 0 saturated carbocycles. The van der Waals surface area contributed by atoms with Crippen LogP contribution in [-0.4, -0.2) is 80.6 Å². The minimum atomic E-state index is -0.440. The molecule has 6 heteroatoms. The summed E-state index contributed by atoms with van der Waals surface area (Å²) in [6.07, 6.45) is 4.70. The van der Waals surface area contributed by atoms with E-state index in [4.69, 9.17) is 14.2 Å². The monoisotopic (exact) mass is 356 g/mol. The molecule has 2 aliphatic heterocycles. The molecular formula is C19H36N2O4. The zero-order valence-corrected chi connectivity index (χ0v) is 16.5. The van der Waals surface area contributed by atoms with Gasteiger partial charge in [-0.15, -0.1) is 0 Å². The second-order valence-corrected chi connectivity index (χ2v) is 8.38. The Morgan fingerprint density at radius 1 is 1.28 bits per heavy atom. The van der Waals surface area contributed by atoms with E-state index >= 15 is 0 Å². The van der Waals surface area contributed by atoms with Crippen LogP contribution in [0.2, 0.25) is 0 Å². The van der Waals surface area contributed by atoms with Crippen molar-refractivity contribution in [3.8, 4) is 0 Å². The van der Waals surface area contributed by atoms with Gasteiger partial charge in [0, 0.05) is 33.3 Å². The van der Waals surface area contributed by atoms with E-state index in [1.165, 1.54) is 12.8 Å². The Kier molecular flexibility index (Phi) is 7.97. The lowest BCUT2D eigenvalue weighted by Gasteiger charge is -2.35. The van der Waals surface area contributed by atoms with Crippen LogP contribution in [0.5, 0.6) is 0 Å². The molecule has 2 unspecified atom stereocenters. The molecule has 25 heavy (non-hydrogen) atoms. The first-order chi connectivity index (χ1) is 11.8. The topological polar surface area (TPSA) is 51.2 Å². The van der Waals surface area contributed by atoms with Gasteiger partial charge in [-0.3, -0.25) is 0 Å². The van der Waals surface area contributed by atoms with Crippen LogP contribution in [0.15, 0.2) is 0 Å². The third-order valence-corrected chi connectivity index (χ3v) is 4.72. The van der Waals surface area contributed by atoms with Crippen LogP contribution in [0.4, 0.5) is 4.79 Å². The van der Waals surface area contributed by atoms with Crippen LogP contribution in [0.3, 0.4) is 0 Å². The van der Waals surface area contributed by atoms with Crippen molar-refractivity contribution in [2.45, 2.75) is 58.2 Å². The summed E-state index contributed by atoms with van der Waals surface area (Å²) in [5.41, 5.74) is -0.440. The van der Waals surface area contributed by atoms with E-state index in [-0.39, 0.29) is 6.09 Å². The molecule has 0 N–H and O–H groups in total. The van der Waals surface area contributed by atoms with E-state index in [2.05, 4.69) is 4.90 Å². The van der Waals surface area contributed by atoms with Crippen molar-refractivity contribution in [2.24, 2.45) is 5.92 Å². The van der Waals surface area contributed by atoms with Crippen molar-refractivity contribution < 1.29 is 19.0 Å². The smallest absolute Gasteiger partial charge is 0.410 e. The zero-order chi connectivity index (χ0) is 18.3. The average Bonchev–Trinajstić information content (AvgIpc) is 3.03.